The number of carbonyl (C=O) groups is 1. The molecule has 0 N–H and O–H groups in total. The van der Waals surface area contributed by atoms with Crippen molar-refractivity contribution in [1.82, 2.24) is 0 Å². The zero-order chi connectivity index (χ0) is 17.9. The molecule has 5 nitrogen and oxygen atoms in total. The first-order valence-corrected chi connectivity index (χ1v) is 6.88. The first-order chi connectivity index (χ1) is 11.3. The van der Waals surface area contributed by atoms with Gasteiger partial charge in [-0.25, -0.2) is 4.79 Å². The highest BCUT2D eigenvalue weighted by atomic mass is 19.4. The third-order valence-corrected chi connectivity index (χ3v) is 3.23. The molecule has 0 bridgehead atoms. The van der Waals surface area contributed by atoms with Crippen LogP contribution in [-0.4, -0.2) is 17.5 Å². The Balaban J connectivity index is 2.71. The smallest absolute Gasteiger partial charge is 0.417 e. The maximum atomic E-state index is 13.2. The van der Waals surface area contributed by atoms with Gasteiger partial charge in [0.1, 0.15) is 0 Å². The number of benzene rings is 2. The maximum Gasteiger partial charge on any atom is 0.417 e. The summed E-state index contributed by atoms with van der Waals surface area (Å²) < 4.78 is 44.4. The van der Waals surface area contributed by atoms with Crippen LogP contribution in [0.25, 0.3) is 11.1 Å². The summed E-state index contributed by atoms with van der Waals surface area (Å²) in [6.45, 7) is 1.51. The Morgan fingerprint density at radius 3 is 2.42 bits per heavy atom. The van der Waals surface area contributed by atoms with Crippen LogP contribution in [0.2, 0.25) is 0 Å². The van der Waals surface area contributed by atoms with E-state index in [-0.39, 0.29) is 23.3 Å². The molecule has 2 aromatic carbocycles. The van der Waals surface area contributed by atoms with Gasteiger partial charge in [-0.3, -0.25) is 10.1 Å². The zero-order valence-corrected chi connectivity index (χ0v) is 12.5. The van der Waals surface area contributed by atoms with E-state index < -0.39 is 28.3 Å². The van der Waals surface area contributed by atoms with E-state index in [4.69, 9.17) is 4.74 Å². The van der Waals surface area contributed by atoms with Crippen LogP contribution >= 0.6 is 0 Å². The molecule has 2 rings (SSSR count). The van der Waals surface area contributed by atoms with Crippen LogP contribution in [0.3, 0.4) is 0 Å². The van der Waals surface area contributed by atoms with Gasteiger partial charge in [0.05, 0.1) is 22.7 Å². The highest BCUT2D eigenvalue weighted by molar-refractivity contribution is 5.98. The maximum absolute atomic E-state index is 13.2. The van der Waals surface area contributed by atoms with Gasteiger partial charge in [0.15, 0.2) is 0 Å². The Labute approximate surface area is 134 Å². The van der Waals surface area contributed by atoms with Gasteiger partial charge in [-0.1, -0.05) is 18.2 Å². The van der Waals surface area contributed by atoms with E-state index in [1.165, 1.54) is 25.1 Å². The molecule has 0 fully saturated rings. The van der Waals surface area contributed by atoms with Gasteiger partial charge in [0.2, 0.25) is 0 Å². The van der Waals surface area contributed by atoms with Crippen LogP contribution in [0.15, 0.2) is 42.5 Å². The number of nitrogens with zero attached hydrogens (tertiary/aromatic N) is 1. The monoisotopic (exact) mass is 339 g/mol. The number of nitro benzene ring substituents is 1. The predicted molar refractivity (Wildman–Crippen MR) is 79.5 cm³/mol. The average Bonchev–Trinajstić information content (AvgIpc) is 2.53. The summed E-state index contributed by atoms with van der Waals surface area (Å²) >= 11 is 0. The number of nitro groups is 1. The molecule has 0 aliphatic heterocycles. The van der Waals surface area contributed by atoms with Gasteiger partial charge in [-0.2, -0.15) is 13.2 Å². The summed E-state index contributed by atoms with van der Waals surface area (Å²) in [5.74, 6) is -0.923. The highest BCUT2D eigenvalue weighted by Crippen LogP contribution is 2.39. The number of ether oxygens (including phenoxy) is 1. The molecular formula is C16H12F3NO4. The third kappa shape index (κ3) is 3.53. The summed E-state index contributed by atoms with van der Waals surface area (Å²) in [7, 11) is 0. The second kappa shape index (κ2) is 6.69. The van der Waals surface area contributed by atoms with E-state index in [0.717, 1.165) is 24.3 Å². The van der Waals surface area contributed by atoms with Gasteiger partial charge < -0.3 is 4.74 Å². The number of alkyl halides is 3. The van der Waals surface area contributed by atoms with Gasteiger partial charge in [-0.15, -0.1) is 0 Å². The van der Waals surface area contributed by atoms with Crippen LogP contribution in [0.5, 0.6) is 0 Å². The Morgan fingerprint density at radius 2 is 1.83 bits per heavy atom. The molecule has 8 heteroatoms. The molecule has 0 saturated carbocycles. The van der Waals surface area contributed by atoms with Crippen molar-refractivity contribution < 1.29 is 27.6 Å². The van der Waals surface area contributed by atoms with E-state index in [9.17, 15) is 28.1 Å². The number of hydrogen-bond acceptors (Lipinski definition) is 4. The van der Waals surface area contributed by atoms with Crippen molar-refractivity contribution in [2.24, 2.45) is 0 Å². The van der Waals surface area contributed by atoms with Crippen molar-refractivity contribution >= 4 is 11.7 Å². The first kappa shape index (κ1) is 17.5. The fourth-order valence-corrected chi connectivity index (χ4v) is 2.22. The summed E-state index contributed by atoms with van der Waals surface area (Å²) in [5.41, 5.74) is -1.96. The summed E-state index contributed by atoms with van der Waals surface area (Å²) in [5, 5.41) is 10.9. The van der Waals surface area contributed by atoms with E-state index in [0.29, 0.717) is 0 Å². The van der Waals surface area contributed by atoms with Gasteiger partial charge in [0.25, 0.3) is 5.69 Å². The standard InChI is InChI=1S/C16H12F3NO4/c1-2-24-15(21)13-9-10(20(22)23)7-8-11(13)12-5-3-4-6-14(12)16(17,18)19/h3-9H,2H2,1H3. The van der Waals surface area contributed by atoms with Gasteiger partial charge in [0, 0.05) is 12.1 Å². The highest BCUT2D eigenvalue weighted by Gasteiger charge is 2.34. The Hall–Kier alpha value is -2.90. The molecule has 24 heavy (non-hydrogen) atoms. The fraction of sp³-hybridized carbons (Fsp3) is 0.188. The van der Waals surface area contributed by atoms with E-state index >= 15 is 0 Å². The van der Waals surface area contributed by atoms with Gasteiger partial charge in [-0.05, 0) is 30.2 Å². The molecule has 0 aliphatic carbocycles. The minimum absolute atomic E-state index is 0.0120. The molecule has 126 valence electrons. The predicted octanol–water partition coefficient (Wildman–Crippen LogP) is 4.46. The van der Waals surface area contributed by atoms with Crippen molar-refractivity contribution in [3.8, 4) is 11.1 Å². The minimum Gasteiger partial charge on any atom is -0.462 e. The quantitative estimate of drug-likeness (QED) is 0.468. The molecule has 0 saturated heterocycles. The summed E-state index contributed by atoms with van der Waals surface area (Å²) in [6.07, 6.45) is -4.63. The first-order valence-electron chi connectivity index (χ1n) is 6.88. The SMILES string of the molecule is CCOC(=O)c1cc([N+](=O)[O-])ccc1-c1ccccc1C(F)(F)F. The van der Waals surface area contributed by atoms with Gasteiger partial charge >= 0.3 is 12.1 Å². The lowest BCUT2D eigenvalue weighted by Crippen LogP contribution is -2.11. The topological polar surface area (TPSA) is 69.4 Å². The number of carbonyl (C=O) groups excluding carboxylic acids is 1. The number of hydrogen-bond donors (Lipinski definition) is 0. The lowest BCUT2D eigenvalue weighted by atomic mass is 9.94. The number of halogens is 3. The number of esters is 1. The molecule has 0 aliphatic rings. The van der Waals surface area contributed by atoms with Crippen LogP contribution in [0.1, 0.15) is 22.8 Å². The lowest BCUT2D eigenvalue weighted by molar-refractivity contribution is -0.384. The minimum atomic E-state index is -4.63. The molecule has 0 spiro atoms. The van der Waals surface area contributed by atoms with Crippen LogP contribution in [0, 0.1) is 10.1 Å². The zero-order valence-electron chi connectivity index (χ0n) is 12.5. The van der Waals surface area contributed by atoms with Crippen LogP contribution in [-0.2, 0) is 10.9 Å². The third-order valence-electron chi connectivity index (χ3n) is 3.23. The van der Waals surface area contributed by atoms with Crippen LogP contribution < -0.4 is 0 Å². The second-order valence-corrected chi connectivity index (χ2v) is 4.75. The van der Waals surface area contributed by atoms with Crippen molar-refractivity contribution in [3.05, 3.63) is 63.7 Å². The van der Waals surface area contributed by atoms with Crippen LogP contribution in [0.4, 0.5) is 18.9 Å². The van der Waals surface area contributed by atoms with Crippen molar-refractivity contribution in [1.29, 1.82) is 0 Å². The molecule has 0 radical (unpaired) electrons. The summed E-state index contributed by atoms with van der Waals surface area (Å²) in [4.78, 5) is 22.2. The van der Waals surface area contributed by atoms with E-state index in [1.807, 2.05) is 0 Å². The fourth-order valence-electron chi connectivity index (χ4n) is 2.22. The van der Waals surface area contributed by atoms with E-state index in [2.05, 4.69) is 0 Å². The molecule has 0 aromatic heterocycles. The summed E-state index contributed by atoms with van der Waals surface area (Å²) in [6, 6.07) is 7.78. The molecule has 0 atom stereocenters. The average molecular weight is 339 g/mol. The van der Waals surface area contributed by atoms with Crippen molar-refractivity contribution in [2.75, 3.05) is 6.61 Å². The largest absolute Gasteiger partial charge is 0.462 e. The Morgan fingerprint density at radius 1 is 1.17 bits per heavy atom. The number of rotatable bonds is 4. The molecule has 0 unspecified atom stereocenters. The molecule has 0 amide bonds. The molecular weight excluding hydrogens is 327 g/mol. The molecule has 2 aromatic rings. The molecule has 0 heterocycles. The Bertz CT molecular complexity index is 787. The number of non-ortho nitro benzene ring substituents is 1. The van der Waals surface area contributed by atoms with E-state index in [1.54, 1.807) is 0 Å². The second-order valence-electron chi connectivity index (χ2n) is 4.75. The Kier molecular flexibility index (Phi) is 4.87. The van der Waals surface area contributed by atoms with Crippen molar-refractivity contribution in [3.63, 3.8) is 0 Å². The van der Waals surface area contributed by atoms with Crippen molar-refractivity contribution in [2.45, 2.75) is 13.1 Å². The lowest BCUT2D eigenvalue weighted by Gasteiger charge is -2.15. The normalized spacial score (nSPS) is 11.2.